The number of carboxylic acid groups (broad SMARTS) is 1. The maximum Gasteiger partial charge on any atom is 0.407 e. The number of amides is 1. The van der Waals surface area contributed by atoms with Crippen molar-refractivity contribution in [3.05, 3.63) is 0 Å². The van der Waals surface area contributed by atoms with Crippen molar-refractivity contribution in [2.45, 2.75) is 39.2 Å². The van der Waals surface area contributed by atoms with Gasteiger partial charge < -0.3 is 15.2 Å². The van der Waals surface area contributed by atoms with Crippen molar-refractivity contribution in [2.24, 2.45) is 11.8 Å². The third kappa shape index (κ3) is 4.51. The zero-order valence-electron chi connectivity index (χ0n) is 9.95. The Kier molecular flexibility index (Phi) is 3.78. The number of aliphatic carboxylic acids is 1. The molecule has 0 aromatic heterocycles. The summed E-state index contributed by atoms with van der Waals surface area (Å²) in [4.78, 5) is 21.8. The van der Waals surface area contributed by atoms with Crippen LogP contribution in [0.25, 0.3) is 0 Å². The molecule has 0 saturated heterocycles. The van der Waals surface area contributed by atoms with Crippen LogP contribution in [0.3, 0.4) is 0 Å². The Morgan fingerprint density at radius 3 is 2.50 bits per heavy atom. The van der Waals surface area contributed by atoms with E-state index < -0.39 is 17.7 Å². The predicted octanol–water partition coefficient (Wildman–Crippen LogP) is 1.62. The highest BCUT2D eigenvalue weighted by atomic mass is 16.6. The van der Waals surface area contributed by atoms with E-state index in [0.29, 0.717) is 13.0 Å². The maximum atomic E-state index is 11.2. The highest BCUT2D eigenvalue weighted by Gasteiger charge is 2.42. The van der Waals surface area contributed by atoms with Crippen molar-refractivity contribution in [3.63, 3.8) is 0 Å². The minimum absolute atomic E-state index is 0.208. The van der Waals surface area contributed by atoms with E-state index in [4.69, 9.17) is 9.84 Å². The molecule has 2 unspecified atom stereocenters. The van der Waals surface area contributed by atoms with Gasteiger partial charge in [0.1, 0.15) is 5.60 Å². The Morgan fingerprint density at radius 2 is 2.06 bits per heavy atom. The largest absolute Gasteiger partial charge is 0.481 e. The molecule has 0 heterocycles. The van der Waals surface area contributed by atoms with E-state index in [2.05, 4.69) is 5.32 Å². The first-order chi connectivity index (χ1) is 7.29. The van der Waals surface area contributed by atoms with Gasteiger partial charge in [0.05, 0.1) is 5.92 Å². The van der Waals surface area contributed by atoms with Gasteiger partial charge in [-0.2, -0.15) is 0 Å². The van der Waals surface area contributed by atoms with Gasteiger partial charge in [0.15, 0.2) is 0 Å². The highest BCUT2D eigenvalue weighted by Crippen LogP contribution is 2.40. The molecule has 5 nitrogen and oxygen atoms in total. The van der Waals surface area contributed by atoms with Crippen molar-refractivity contribution in [3.8, 4) is 0 Å². The minimum atomic E-state index is -0.734. The Balaban J connectivity index is 2.09. The second-order valence-corrected chi connectivity index (χ2v) is 5.16. The van der Waals surface area contributed by atoms with Crippen LogP contribution >= 0.6 is 0 Å². The van der Waals surface area contributed by atoms with Crippen molar-refractivity contribution in [1.29, 1.82) is 0 Å². The zero-order chi connectivity index (χ0) is 12.3. The molecule has 1 fully saturated rings. The lowest BCUT2D eigenvalue weighted by Crippen LogP contribution is -2.33. The molecule has 0 aromatic rings. The first-order valence-corrected chi connectivity index (χ1v) is 5.49. The molecule has 0 aromatic carbocycles. The Bertz CT molecular complexity index is 282. The molecule has 1 rings (SSSR count). The number of carboxylic acids is 1. The van der Waals surface area contributed by atoms with Crippen LogP contribution in [0.5, 0.6) is 0 Å². The van der Waals surface area contributed by atoms with Crippen LogP contribution in [0.2, 0.25) is 0 Å². The lowest BCUT2D eigenvalue weighted by molar-refractivity contribution is -0.138. The predicted molar refractivity (Wildman–Crippen MR) is 58.1 cm³/mol. The van der Waals surface area contributed by atoms with E-state index in [1.807, 2.05) is 0 Å². The molecule has 0 aliphatic heterocycles. The molecule has 2 N–H and O–H groups in total. The second kappa shape index (κ2) is 4.72. The summed E-state index contributed by atoms with van der Waals surface area (Å²) in [5.74, 6) is -0.727. The van der Waals surface area contributed by atoms with Crippen LogP contribution in [0.15, 0.2) is 0 Å². The number of hydrogen-bond donors (Lipinski definition) is 2. The summed E-state index contributed by atoms with van der Waals surface area (Å²) in [7, 11) is 0. The van der Waals surface area contributed by atoms with Crippen LogP contribution in [0.1, 0.15) is 33.6 Å². The van der Waals surface area contributed by atoms with Crippen molar-refractivity contribution >= 4 is 12.1 Å². The minimum Gasteiger partial charge on any atom is -0.481 e. The number of alkyl carbamates (subject to hydrolysis) is 1. The Hall–Kier alpha value is -1.26. The van der Waals surface area contributed by atoms with Gasteiger partial charge in [-0.3, -0.25) is 4.79 Å². The monoisotopic (exact) mass is 229 g/mol. The van der Waals surface area contributed by atoms with Crippen LogP contribution in [0, 0.1) is 11.8 Å². The third-order valence-electron chi connectivity index (χ3n) is 2.42. The zero-order valence-corrected chi connectivity index (χ0v) is 9.95. The van der Waals surface area contributed by atoms with E-state index in [-0.39, 0.29) is 11.8 Å². The molecule has 0 bridgehead atoms. The molecule has 1 aliphatic carbocycles. The summed E-state index contributed by atoms with van der Waals surface area (Å²) >= 11 is 0. The number of carbonyl (C=O) groups excluding carboxylic acids is 1. The summed E-state index contributed by atoms with van der Waals surface area (Å²) in [6.45, 7) is 5.87. The average Bonchev–Trinajstić information content (AvgIpc) is 2.80. The lowest BCUT2D eigenvalue weighted by atomic mass is 10.2. The van der Waals surface area contributed by atoms with E-state index in [1.54, 1.807) is 20.8 Å². The van der Waals surface area contributed by atoms with Crippen LogP contribution < -0.4 is 5.32 Å². The molecule has 92 valence electrons. The van der Waals surface area contributed by atoms with Crippen molar-refractivity contribution < 1.29 is 19.4 Å². The smallest absolute Gasteiger partial charge is 0.407 e. The fourth-order valence-corrected chi connectivity index (χ4v) is 1.54. The summed E-state index contributed by atoms with van der Waals surface area (Å²) in [6, 6.07) is 0. The van der Waals surface area contributed by atoms with Gasteiger partial charge in [-0.15, -0.1) is 0 Å². The summed E-state index contributed by atoms with van der Waals surface area (Å²) in [6.07, 6.45) is 0.988. The molecule has 5 heteroatoms. The normalized spacial score (nSPS) is 23.7. The number of ether oxygens (including phenoxy) is 1. The molecule has 0 spiro atoms. The molecular formula is C11H19NO4. The second-order valence-electron chi connectivity index (χ2n) is 5.16. The number of hydrogen-bond acceptors (Lipinski definition) is 3. The fraction of sp³-hybridized carbons (Fsp3) is 0.818. The van der Waals surface area contributed by atoms with Crippen LogP contribution in [-0.4, -0.2) is 29.3 Å². The van der Waals surface area contributed by atoms with E-state index in [0.717, 1.165) is 6.42 Å². The third-order valence-corrected chi connectivity index (χ3v) is 2.42. The molecule has 1 saturated carbocycles. The van der Waals surface area contributed by atoms with Gasteiger partial charge in [-0.25, -0.2) is 4.79 Å². The SMILES string of the molecule is CC(C)(C)OC(=O)NCCC1CC1C(=O)O. The van der Waals surface area contributed by atoms with Crippen molar-refractivity contribution in [1.82, 2.24) is 5.32 Å². The summed E-state index contributed by atoms with van der Waals surface area (Å²) in [5.41, 5.74) is -0.493. The molecule has 2 atom stereocenters. The summed E-state index contributed by atoms with van der Waals surface area (Å²) in [5, 5.41) is 11.3. The molecule has 1 amide bonds. The van der Waals surface area contributed by atoms with Gasteiger partial charge in [-0.05, 0) is 39.5 Å². The summed E-state index contributed by atoms with van der Waals surface area (Å²) < 4.78 is 5.05. The topological polar surface area (TPSA) is 75.6 Å². The van der Waals surface area contributed by atoms with Gasteiger partial charge in [-0.1, -0.05) is 0 Å². The molecule has 0 radical (unpaired) electrons. The quantitative estimate of drug-likeness (QED) is 0.768. The van der Waals surface area contributed by atoms with Gasteiger partial charge in [0.2, 0.25) is 0 Å². The fourth-order valence-electron chi connectivity index (χ4n) is 1.54. The maximum absolute atomic E-state index is 11.2. The van der Waals surface area contributed by atoms with Crippen molar-refractivity contribution in [2.75, 3.05) is 6.54 Å². The Morgan fingerprint density at radius 1 is 1.44 bits per heavy atom. The van der Waals surface area contributed by atoms with E-state index >= 15 is 0 Å². The molecule has 16 heavy (non-hydrogen) atoms. The van der Waals surface area contributed by atoms with E-state index in [1.165, 1.54) is 0 Å². The number of carbonyl (C=O) groups is 2. The lowest BCUT2D eigenvalue weighted by Gasteiger charge is -2.19. The average molecular weight is 229 g/mol. The first-order valence-electron chi connectivity index (χ1n) is 5.49. The van der Waals surface area contributed by atoms with Crippen LogP contribution in [-0.2, 0) is 9.53 Å². The van der Waals surface area contributed by atoms with Crippen LogP contribution in [0.4, 0.5) is 4.79 Å². The Labute approximate surface area is 95.2 Å². The van der Waals surface area contributed by atoms with Gasteiger partial charge >= 0.3 is 12.1 Å². The van der Waals surface area contributed by atoms with E-state index in [9.17, 15) is 9.59 Å². The number of nitrogens with one attached hydrogen (secondary N) is 1. The number of rotatable bonds is 4. The molecular weight excluding hydrogens is 210 g/mol. The van der Waals surface area contributed by atoms with Gasteiger partial charge in [0.25, 0.3) is 0 Å². The van der Waals surface area contributed by atoms with Gasteiger partial charge in [0, 0.05) is 6.54 Å². The molecule has 1 aliphatic rings. The standard InChI is InChI=1S/C11H19NO4/c1-11(2,3)16-10(15)12-5-4-7-6-8(7)9(13)14/h7-8H,4-6H2,1-3H3,(H,12,15)(H,13,14). The first kappa shape index (κ1) is 12.8. The highest BCUT2D eigenvalue weighted by molar-refractivity contribution is 5.73.